The lowest BCUT2D eigenvalue weighted by molar-refractivity contribution is -0.140. The van der Waals surface area contributed by atoms with Crippen LogP contribution in [0.15, 0.2) is 0 Å². The average Bonchev–Trinajstić information content (AvgIpc) is 2.59. The fraction of sp³-hybridized carbons (Fsp3) is 0.957. The Morgan fingerprint density at radius 3 is 1.17 bits per heavy atom. The second-order valence-electron chi connectivity index (χ2n) is 9.97. The molecule has 29 heavy (non-hydrogen) atoms. The summed E-state index contributed by atoms with van der Waals surface area (Å²) < 4.78 is 10.5. The first-order chi connectivity index (χ1) is 13.5. The molecule has 0 aromatic heterocycles. The summed E-state index contributed by atoms with van der Waals surface area (Å²) in [5, 5.41) is 8.66. The number of aliphatic hydroxyl groups excluding tert-OH is 1. The molecule has 0 spiro atoms. The number of aliphatic hydroxyl groups is 1. The van der Waals surface area contributed by atoms with E-state index < -0.39 is 16.6 Å². The van der Waals surface area contributed by atoms with Gasteiger partial charge in [-0.25, -0.2) is 0 Å². The van der Waals surface area contributed by atoms with Gasteiger partial charge in [-0.1, -0.05) is 70.6 Å². The van der Waals surface area contributed by atoms with Crippen molar-refractivity contribution >= 4 is 22.6 Å². The molecule has 0 aromatic carbocycles. The molecule has 4 nitrogen and oxygen atoms in total. The quantitative estimate of drug-likeness (QED) is 0.144. The van der Waals surface area contributed by atoms with E-state index in [4.69, 9.17) is 9.22 Å². The zero-order valence-electron chi connectivity index (χ0n) is 20.8. The number of hydrogen-bond donors (Lipinski definition) is 1. The number of hydrogen-bond acceptors (Lipinski definition) is 4. The lowest BCUT2D eigenvalue weighted by Gasteiger charge is -2.27. The third-order valence-corrected chi connectivity index (χ3v) is 9.28. The highest BCUT2D eigenvalue weighted by atomic mass is 28.4. The Kier molecular flexibility index (Phi) is 21.1. The Bertz CT molecular complexity index is 351. The molecule has 0 fully saturated rings. The molecule has 0 radical (unpaired) electrons. The maximum absolute atomic E-state index is 10.9. The molecule has 1 N–H and O–H groups in total. The number of carbonyl (C=O) groups is 1. The van der Waals surface area contributed by atoms with Crippen molar-refractivity contribution in [3.63, 3.8) is 0 Å². The number of carbonyl (C=O) groups excluding carboxylic acids is 1. The third-order valence-electron chi connectivity index (χ3n) is 4.38. The van der Waals surface area contributed by atoms with Crippen molar-refractivity contribution < 1.29 is 18.8 Å². The van der Waals surface area contributed by atoms with Gasteiger partial charge in [0.2, 0.25) is 0 Å². The molecule has 0 unspecified atom stereocenters. The Morgan fingerprint density at radius 1 is 0.621 bits per heavy atom. The van der Waals surface area contributed by atoms with Crippen molar-refractivity contribution in [1.82, 2.24) is 0 Å². The van der Waals surface area contributed by atoms with Crippen molar-refractivity contribution in [2.45, 2.75) is 129 Å². The van der Waals surface area contributed by atoms with Crippen LogP contribution in [0.1, 0.15) is 89.9 Å². The monoisotopic (exact) mass is 448 g/mol. The minimum atomic E-state index is -1.23. The van der Waals surface area contributed by atoms with E-state index in [1.54, 1.807) is 0 Å². The average molecular weight is 449 g/mol. The van der Waals surface area contributed by atoms with Gasteiger partial charge in [0.1, 0.15) is 0 Å². The lowest BCUT2D eigenvalue weighted by Crippen LogP contribution is -2.39. The molecule has 0 atom stereocenters. The number of unbranched alkanes of at least 4 members (excludes halogenated alkanes) is 12. The summed E-state index contributed by atoms with van der Waals surface area (Å²) in [6.07, 6.45) is 16.8. The molecular formula is C23H52O4Si2. The van der Waals surface area contributed by atoms with Crippen LogP contribution in [0.5, 0.6) is 0 Å². The van der Waals surface area contributed by atoms with Crippen molar-refractivity contribution in [2.24, 2.45) is 0 Å². The van der Waals surface area contributed by atoms with Crippen LogP contribution in [0.25, 0.3) is 0 Å². The molecule has 6 heteroatoms. The summed E-state index contributed by atoms with van der Waals surface area (Å²) >= 11 is 0. The van der Waals surface area contributed by atoms with Gasteiger partial charge >= 0.3 is 5.97 Å². The van der Waals surface area contributed by atoms with E-state index in [-0.39, 0.29) is 5.97 Å². The number of esters is 1. The molecule has 0 aliphatic rings. The predicted molar refractivity (Wildman–Crippen MR) is 132 cm³/mol. The fourth-order valence-electron chi connectivity index (χ4n) is 3.35. The summed E-state index contributed by atoms with van der Waals surface area (Å²) in [6, 6.07) is 0. The van der Waals surface area contributed by atoms with E-state index in [0.717, 1.165) is 19.3 Å². The van der Waals surface area contributed by atoms with Gasteiger partial charge < -0.3 is 14.0 Å². The van der Waals surface area contributed by atoms with Crippen molar-refractivity contribution in [3.05, 3.63) is 0 Å². The summed E-state index contributed by atoms with van der Waals surface area (Å²) in [5.74, 6) is -0.0796. The molecular weight excluding hydrogens is 396 g/mol. The molecule has 0 bridgehead atoms. The van der Waals surface area contributed by atoms with E-state index in [1.807, 2.05) is 0 Å². The number of methoxy groups -OCH3 is 1. The first-order valence-corrected chi connectivity index (χ1v) is 18.7. The molecule has 0 heterocycles. The maximum atomic E-state index is 10.9. The molecule has 0 saturated carbocycles. The van der Waals surface area contributed by atoms with E-state index in [0.29, 0.717) is 13.0 Å². The van der Waals surface area contributed by atoms with Crippen LogP contribution in [0.2, 0.25) is 39.3 Å². The van der Waals surface area contributed by atoms with Crippen LogP contribution < -0.4 is 0 Å². The van der Waals surface area contributed by atoms with E-state index in [9.17, 15) is 4.79 Å². The largest absolute Gasteiger partial charge is 0.469 e. The minimum absolute atomic E-state index is 0.0796. The van der Waals surface area contributed by atoms with Crippen molar-refractivity contribution in [3.8, 4) is 0 Å². The van der Waals surface area contributed by atoms with Crippen LogP contribution in [0, 0.1) is 0 Å². The molecule has 0 saturated heterocycles. The fourth-order valence-corrected chi connectivity index (χ4v) is 10.7. The first kappa shape index (κ1) is 31.0. The van der Waals surface area contributed by atoms with Crippen LogP contribution in [-0.4, -0.2) is 41.4 Å². The van der Waals surface area contributed by atoms with Gasteiger partial charge in [-0.2, -0.15) is 0 Å². The van der Waals surface area contributed by atoms with Gasteiger partial charge in [0.15, 0.2) is 16.6 Å². The standard InChI is InChI=1S/C17H34O3.C6H18OSi2/c1-20-17(19)15-13-11-9-7-5-3-2-4-6-8-10-12-14-16-18;1-8(2,3)7-9(4,5)6/h18H,2-16H2,1H3;1-6H3. The maximum Gasteiger partial charge on any atom is 0.305 e. The van der Waals surface area contributed by atoms with Gasteiger partial charge in [-0.05, 0) is 52.1 Å². The zero-order valence-corrected chi connectivity index (χ0v) is 22.8. The summed E-state index contributed by atoms with van der Waals surface area (Å²) in [5.41, 5.74) is 0. The van der Waals surface area contributed by atoms with Gasteiger partial charge in [-0.15, -0.1) is 0 Å². The van der Waals surface area contributed by atoms with Crippen LogP contribution in [-0.2, 0) is 13.6 Å². The zero-order chi connectivity index (χ0) is 22.6. The Morgan fingerprint density at radius 2 is 0.931 bits per heavy atom. The molecule has 0 aromatic rings. The summed E-state index contributed by atoms with van der Waals surface area (Å²) in [4.78, 5) is 10.9. The third kappa shape index (κ3) is 32.7. The molecule has 0 rings (SSSR count). The second-order valence-corrected chi connectivity index (χ2v) is 19.2. The van der Waals surface area contributed by atoms with Crippen LogP contribution in [0.4, 0.5) is 0 Å². The highest BCUT2D eigenvalue weighted by Crippen LogP contribution is 2.13. The number of rotatable bonds is 17. The lowest BCUT2D eigenvalue weighted by atomic mass is 10.0. The topological polar surface area (TPSA) is 55.8 Å². The van der Waals surface area contributed by atoms with Gasteiger partial charge in [0.25, 0.3) is 0 Å². The van der Waals surface area contributed by atoms with Crippen LogP contribution in [0.3, 0.4) is 0 Å². The highest BCUT2D eigenvalue weighted by Gasteiger charge is 2.24. The van der Waals surface area contributed by atoms with Gasteiger partial charge in [0, 0.05) is 13.0 Å². The highest BCUT2D eigenvalue weighted by molar-refractivity contribution is 6.83. The molecule has 0 amide bonds. The molecule has 176 valence electrons. The Labute approximate surface area is 184 Å². The Balaban J connectivity index is 0. The summed E-state index contributed by atoms with van der Waals surface area (Å²) in [6.45, 7) is 13.8. The molecule has 0 aliphatic heterocycles. The second kappa shape index (κ2) is 19.8. The van der Waals surface area contributed by atoms with Crippen LogP contribution >= 0.6 is 0 Å². The minimum Gasteiger partial charge on any atom is -0.469 e. The molecule has 0 aliphatic carbocycles. The normalized spacial score (nSPS) is 11.7. The van der Waals surface area contributed by atoms with Gasteiger partial charge in [-0.3, -0.25) is 4.79 Å². The Hall–Kier alpha value is -0.176. The predicted octanol–water partition coefficient (Wildman–Crippen LogP) is 7.29. The smallest absolute Gasteiger partial charge is 0.305 e. The number of ether oxygens (including phenoxy) is 1. The van der Waals surface area contributed by atoms with Crippen molar-refractivity contribution in [2.75, 3.05) is 13.7 Å². The van der Waals surface area contributed by atoms with Crippen molar-refractivity contribution in [1.29, 1.82) is 0 Å². The van der Waals surface area contributed by atoms with E-state index in [1.165, 1.54) is 71.3 Å². The van der Waals surface area contributed by atoms with E-state index >= 15 is 0 Å². The van der Waals surface area contributed by atoms with E-state index in [2.05, 4.69) is 44.0 Å². The van der Waals surface area contributed by atoms with Gasteiger partial charge in [0.05, 0.1) is 7.11 Å². The first-order valence-electron chi connectivity index (χ1n) is 11.9. The summed E-state index contributed by atoms with van der Waals surface area (Å²) in [7, 11) is -1.01. The SMILES string of the molecule is COC(=O)CCCCCCCCCCCCCCCO.C[Si](C)(C)O[Si](C)(C)C.